The molecule has 2 N–H and O–H groups in total. The summed E-state index contributed by atoms with van der Waals surface area (Å²) in [7, 11) is 0. The van der Waals surface area contributed by atoms with Gasteiger partial charge in [-0.2, -0.15) is 0 Å². The van der Waals surface area contributed by atoms with Crippen LogP contribution in [0.25, 0.3) is 0 Å². The lowest BCUT2D eigenvalue weighted by atomic mass is 10.1. The van der Waals surface area contributed by atoms with Crippen LogP contribution < -0.4 is 10.6 Å². The number of hydrogen-bond acceptors (Lipinski definition) is 3. The van der Waals surface area contributed by atoms with Gasteiger partial charge in [-0.05, 0) is 18.5 Å². The molecule has 86 valence electrons. The summed E-state index contributed by atoms with van der Waals surface area (Å²) in [5.41, 5.74) is 6.04. The molecule has 1 aliphatic rings. The molecule has 1 fully saturated rings. The Morgan fingerprint density at radius 3 is 2.88 bits per heavy atom. The summed E-state index contributed by atoms with van der Waals surface area (Å²) in [4.78, 5) is 17.3. The fraction of sp³-hybridized carbons (Fsp3) is 0.400. The largest absolute Gasteiger partial charge is 0.330 e. The van der Waals surface area contributed by atoms with E-state index in [9.17, 15) is 4.79 Å². The van der Waals surface area contributed by atoms with Gasteiger partial charge in [-0.25, -0.2) is 4.98 Å². The van der Waals surface area contributed by atoms with Crippen LogP contribution in [-0.2, 0) is 4.79 Å². The Balaban J connectivity index is 2.35. The van der Waals surface area contributed by atoms with Crippen LogP contribution in [0, 0.1) is 5.92 Å². The van der Waals surface area contributed by atoms with Gasteiger partial charge < -0.3 is 10.6 Å². The highest BCUT2D eigenvalue weighted by Gasteiger charge is 2.32. The van der Waals surface area contributed by atoms with Gasteiger partial charge in [0.15, 0.2) is 5.15 Å². The molecule has 6 heteroatoms. The molecule has 0 radical (unpaired) electrons. The third-order valence-corrected chi connectivity index (χ3v) is 3.22. The zero-order valence-corrected chi connectivity index (χ0v) is 10.0. The van der Waals surface area contributed by atoms with Gasteiger partial charge in [-0.15, -0.1) is 0 Å². The molecule has 0 aliphatic carbocycles. The molecule has 0 spiro atoms. The SMILES string of the molecule is NCC1CC(=O)N(c2c(Cl)ccnc2Cl)C1. The number of rotatable bonds is 2. The number of halogens is 2. The van der Waals surface area contributed by atoms with E-state index in [1.165, 1.54) is 6.20 Å². The zero-order chi connectivity index (χ0) is 11.7. The number of hydrogen-bond donors (Lipinski definition) is 1. The molecule has 1 unspecified atom stereocenters. The van der Waals surface area contributed by atoms with Gasteiger partial charge in [0.05, 0.1) is 5.02 Å². The molecule has 16 heavy (non-hydrogen) atoms. The van der Waals surface area contributed by atoms with Gasteiger partial charge in [0.2, 0.25) is 5.91 Å². The monoisotopic (exact) mass is 259 g/mol. The van der Waals surface area contributed by atoms with Crippen molar-refractivity contribution in [1.82, 2.24) is 4.98 Å². The molecule has 1 aromatic rings. The van der Waals surface area contributed by atoms with Crippen molar-refractivity contribution in [2.24, 2.45) is 11.7 Å². The number of amides is 1. The Kier molecular flexibility index (Phi) is 3.33. The Morgan fingerprint density at radius 1 is 1.56 bits per heavy atom. The second-order valence-corrected chi connectivity index (χ2v) is 4.51. The second-order valence-electron chi connectivity index (χ2n) is 3.74. The average Bonchev–Trinajstić information content (AvgIpc) is 2.60. The van der Waals surface area contributed by atoms with E-state index in [1.807, 2.05) is 0 Å². The highest BCUT2D eigenvalue weighted by atomic mass is 35.5. The Hall–Kier alpha value is -0.840. The predicted octanol–water partition coefficient (Wildman–Crippen LogP) is 1.70. The van der Waals surface area contributed by atoms with Gasteiger partial charge in [-0.1, -0.05) is 23.2 Å². The van der Waals surface area contributed by atoms with Gasteiger partial charge in [0, 0.05) is 19.2 Å². The Labute approximate surface area is 103 Å². The van der Waals surface area contributed by atoms with Crippen LogP contribution in [0.4, 0.5) is 5.69 Å². The molecule has 1 saturated heterocycles. The maximum atomic E-state index is 11.8. The number of pyridine rings is 1. The standard InChI is InChI=1S/C10H11Cl2N3O/c11-7-1-2-14-10(12)9(7)15-5-6(4-13)3-8(15)16/h1-2,6H,3-5,13H2. The van der Waals surface area contributed by atoms with Crippen LogP contribution in [-0.4, -0.2) is 24.0 Å². The molecular weight excluding hydrogens is 249 g/mol. The first-order valence-corrected chi connectivity index (χ1v) is 5.69. The van der Waals surface area contributed by atoms with Crippen LogP contribution >= 0.6 is 23.2 Å². The van der Waals surface area contributed by atoms with Crippen LogP contribution in [0.5, 0.6) is 0 Å². The Morgan fingerprint density at radius 2 is 2.31 bits per heavy atom. The minimum atomic E-state index is -0.00718. The van der Waals surface area contributed by atoms with E-state index in [2.05, 4.69) is 4.98 Å². The van der Waals surface area contributed by atoms with Crippen molar-refractivity contribution in [3.05, 3.63) is 22.4 Å². The fourth-order valence-corrected chi connectivity index (χ4v) is 2.36. The topological polar surface area (TPSA) is 59.2 Å². The molecule has 0 saturated carbocycles. The summed E-state index contributed by atoms with van der Waals surface area (Å²) in [5.74, 6) is 0.159. The average molecular weight is 260 g/mol. The first-order chi connectivity index (χ1) is 7.63. The van der Waals surface area contributed by atoms with Gasteiger partial charge >= 0.3 is 0 Å². The molecule has 1 aromatic heterocycles. The summed E-state index contributed by atoms with van der Waals surface area (Å²) < 4.78 is 0. The smallest absolute Gasteiger partial charge is 0.227 e. The highest BCUT2D eigenvalue weighted by molar-refractivity contribution is 6.39. The molecule has 2 rings (SSSR count). The summed E-state index contributed by atoms with van der Waals surface area (Å²) in [6, 6.07) is 1.62. The maximum Gasteiger partial charge on any atom is 0.227 e. The fourth-order valence-electron chi connectivity index (χ4n) is 1.80. The van der Waals surface area contributed by atoms with E-state index in [0.717, 1.165) is 0 Å². The minimum absolute atomic E-state index is 0.00718. The van der Waals surface area contributed by atoms with Crippen LogP contribution in [0.15, 0.2) is 12.3 Å². The van der Waals surface area contributed by atoms with Gasteiger partial charge in [0.25, 0.3) is 0 Å². The van der Waals surface area contributed by atoms with Crippen molar-refractivity contribution in [1.29, 1.82) is 0 Å². The number of anilines is 1. The van der Waals surface area contributed by atoms with Crippen molar-refractivity contribution in [2.45, 2.75) is 6.42 Å². The van der Waals surface area contributed by atoms with E-state index >= 15 is 0 Å². The van der Waals surface area contributed by atoms with Gasteiger partial charge in [-0.3, -0.25) is 4.79 Å². The summed E-state index contributed by atoms with van der Waals surface area (Å²) in [6.07, 6.45) is 1.95. The summed E-state index contributed by atoms with van der Waals surface area (Å²) in [6.45, 7) is 1.04. The number of aromatic nitrogens is 1. The van der Waals surface area contributed by atoms with Crippen molar-refractivity contribution < 1.29 is 4.79 Å². The van der Waals surface area contributed by atoms with Crippen molar-refractivity contribution in [2.75, 3.05) is 18.0 Å². The van der Waals surface area contributed by atoms with E-state index in [1.54, 1.807) is 11.0 Å². The first-order valence-electron chi connectivity index (χ1n) is 4.94. The molecule has 1 amide bonds. The van der Waals surface area contributed by atoms with Crippen LogP contribution in [0.3, 0.4) is 0 Å². The lowest BCUT2D eigenvalue weighted by Crippen LogP contribution is -2.26. The van der Waals surface area contributed by atoms with E-state index in [0.29, 0.717) is 30.2 Å². The minimum Gasteiger partial charge on any atom is -0.330 e. The van der Waals surface area contributed by atoms with Crippen LogP contribution in [0.1, 0.15) is 6.42 Å². The molecule has 1 atom stereocenters. The van der Waals surface area contributed by atoms with Crippen molar-refractivity contribution >= 4 is 34.8 Å². The molecule has 1 aliphatic heterocycles. The molecule has 2 heterocycles. The zero-order valence-electron chi connectivity index (χ0n) is 8.49. The number of nitrogens with zero attached hydrogens (tertiary/aromatic N) is 2. The maximum absolute atomic E-state index is 11.8. The predicted molar refractivity (Wildman–Crippen MR) is 63.8 cm³/mol. The molecule has 0 bridgehead atoms. The quantitative estimate of drug-likeness (QED) is 0.823. The van der Waals surface area contributed by atoms with Gasteiger partial charge in [0.1, 0.15) is 5.69 Å². The lowest BCUT2D eigenvalue weighted by molar-refractivity contribution is -0.117. The second kappa shape index (κ2) is 4.57. The van der Waals surface area contributed by atoms with Crippen molar-refractivity contribution in [3.63, 3.8) is 0 Å². The highest BCUT2D eigenvalue weighted by Crippen LogP contribution is 2.35. The van der Waals surface area contributed by atoms with E-state index < -0.39 is 0 Å². The first kappa shape index (κ1) is 11.6. The lowest BCUT2D eigenvalue weighted by Gasteiger charge is -2.18. The number of carbonyl (C=O) groups is 1. The van der Waals surface area contributed by atoms with E-state index in [4.69, 9.17) is 28.9 Å². The summed E-state index contributed by atoms with van der Waals surface area (Å²) >= 11 is 12.0. The third-order valence-electron chi connectivity index (χ3n) is 2.64. The Bertz CT molecular complexity index is 404. The van der Waals surface area contributed by atoms with Crippen molar-refractivity contribution in [3.8, 4) is 0 Å². The molecule has 4 nitrogen and oxygen atoms in total. The van der Waals surface area contributed by atoms with Crippen LogP contribution in [0.2, 0.25) is 10.2 Å². The number of carbonyl (C=O) groups excluding carboxylic acids is 1. The summed E-state index contributed by atoms with van der Waals surface area (Å²) in [5, 5.41) is 0.685. The third kappa shape index (κ3) is 2.00. The van der Waals surface area contributed by atoms with E-state index in [-0.39, 0.29) is 17.0 Å². The molecule has 0 aromatic carbocycles. The normalized spacial score (nSPS) is 20.6. The molecular formula is C10H11Cl2N3O. The number of nitrogens with two attached hydrogens (primary N) is 1.